The fourth-order valence-corrected chi connectivity index (χ4v) is 3.97. The first-order valence-corrected chi connectivity index (χ1v) is 12.1. The number of aromatic nitrogens is 1. The SMILES string of the molecule is CC(C)(NC(=O)C(F)F)O[C@@H](CCF)c1ccc(-c2ccc(C(NCc3ccccc3)C(F)(F)F)nc2)cc1. The zero-order valence-corrected chi connectivity index (χ0v) is 21.3. The van der Waals surface area contributed by atoms with E-state index >= 15 is 0 Å². The van der Waals surface area contributed by atoms with Crippen molar-refractivity contribution in [1.82, 2.24) is 15.6 Å². The van der Waals surface area contributed by atoms with Crippen LogP contribution in [0.5, 0.6) is 0 Å². The molecule has 0 saturated carbocycles. The van der Waals surface area contributed by atoms with Crippen LogP contribution in [-0.4, -0.2) is 35.9 Å². The number of amides is 1. The number of benzene rings is 2. The number of ether oxygens (including phenoxy) is 1. The van der Waals surface area contributed by atoms with Crippen LogP contribution in [0.4, 0.5) is 26.3 Å². The molecule has 0 radical (unpaired) electrons. The van der Waals surface area contributed by atoms with E-state index in [9.17, 15) is 31.1 Å². The van der Waals surface area contributed by atoms with Gasteiger partial charge in [0.1, 0.15) is 11.8 Å². The zero-order chi connectivity index (χ0) is 28.6. The van der Waals surface area contributed by atoms with Crippen molar-refractivity contribution in [2.24, 2.45) is 0 Å². The largest absolute Gasteiger partial charge is 0.409 e. The highest BCUT2D eigenvalue weighted by Crippen LogP contribution is 2.33. The number of hydrogen-bond donors (Lipinski definition) is 2. The van der Waals surface area contributed by atoms with E-state index in [0.29, 0.717) is 22.3 Å². The van der Waals surface area contributed by atoms with Crippen molar-refractivity contribution in [3.63, 3.8) is 0 Å². The van der Waals surface area contributed by atoms with E-state index in [0.717, 1.165) is 0 Å². The van der Waals surface area contributed by atoms with Crippen molar-refractivity contribution in [2.75, 3.05) is 6.67 Å². The summed E-state index contributed by atoms with van der Waals surface area (Å²) in [4.78, 5) is 15.4. The van der Waals surface area contributed by atoms with E-state index in [1.165, 1.54) is 32.2 Å². The van der Waals surface area contributed by atoms with Gasteiger partial charge in [0.15, 0.2) is 0 Å². The van der Waals surface area contributed by atoms with Gasteiger partial charge in [0.25, 0.3) is 5.91 Å². The highest BCUT2D eigenvalue weighted by Gasteiger charge is 2.41. The van der Waals surface area contributed by atoms with E-state index in [1.807, 2.05) is 0 Å². The van der Waals surface area contributed by atoms with Crippen LogP contribution in [0.3, 0.4) is 0 Å². The first-order valence-electron chi connectivity index (χ1n) is 12.1. The summed E-state index contributed by atoms with van der Waals surface area (Å²) in [6, 6.07) is 16.2. The van der Waals surface area contributed by atoms with Gasteiger partial charge in [-0.3, -0.25) is 19.5 Å². The third kappa shape index (κ3) is 8.79. The highest BCUT2D eigenvalue weighted by atomic mass is 19.4. The van der Waals surface area contributed by atoms with Crippen molar-refractivity contribution in [3.8, 4) is 11.1 Å². The van der Waals surface area contributed by atoms with Crippen molar-refractivity contribution in [3.05, 3.63) is 89.7 Å². The van der Waals surface area contributed by atoms with Crippen LogP contribution >= 0.6 is 0 Å². The van der Waals surface area contributed by atoms with E-state index < -0.39 is 43.1 Å². The summed E-state index contributed by atoms with van der Waals surface area (Å²) < 4.78 is 85.4. The van der Waals surface area contributed by atoms with Crippen molar-refractivity contribution in [1.29, 1.82) is 0 Å². The highest BCUT2D eigenvalue weighted by molar-refractivity contribution is 5.79. The molecule has 0 fully saturated rings. The Morgan fingerprint density at radius 2 is 1.59 bits per heavy atom. The molecule has 1 aromatic heterocycles. The zero-order valence-electron chi connectivity index (χ0n) is 21.3. The molecule has 2 atom stereocenters. The molecule has 3 aromatic rings. The fraction of sp³-hybridized carbons (Fsp3) is 0.357. The number of alkyl halides is 6. The molecule has 0 aliphatic rings. The van der Waals surface area contributed by atoms with Crippen molar-refractivity contribution >= 4 is 5.91 Å². The standard InChI is InChI=1S/C28H29F6N3O2/c1-27(2,37-26(38)25(30)31)39-23(14-15-29)20-10-8-19(9-11-20)21-12-13-22(35-17-21)24(28(32,33)34)36-16-18-6-4-3-5-7-18/h3-13,17,23-25,36H,14-16H2,1-2H3,(H,37,38)/t23-,24?/m0/s1. The smallest absolute Gasteiger partial charge is 0.348 e. The molecule has 0 saturated heterocycles. The summed E-state index contributed by atoms with van der Waals surface area (Å²) in [7, 11) is 0. The number of pyridine rings is 1. The van der Waals surface area contributed by atoms with Gasteiger partial charge in [-0.15, -0.1) is 0 Å². The van der Waals surface area contributed by atoms with Gasteiger partial charge in [-0.25, -0.2) is 0 Å². The molecule has 2 aromatic carbocycles. The van der Waals surface area contributed by atoms with E-state index in [1.54, 1.807) is 54.6 Å². The van der Waals surface area contributed by atoms with Crippen LogP contribution in [0, 0.1) is 0 Å². The lowest BCUT2D eigenvalue weighted by Crippen LogP contribution is -2.48. The molecule has 0 aliphatic carbocycles. The Morgan fingerprint density at radius 3 is 2.13 bits per heavy atom. The molecule has 1 amide bonds. The van der Waals surface area contributed by atoms with Gasteiger partial charge < -0.3 is 10.1 Å². The topological polar surface area (TPSA) is 63.2 Å². The lowest BCUT2D eigenvalue weighted by atomic mass is 10.0. The van der Waals surface area contributed by atoms with Gasteiger partial charge >= 0.3 is 12.6 Å². The number of nitrogens with one attached hydrogen (secondary N) is 2. The average Bonchev–Trinajstić information content (AvgIpc) is 2.88. The van der Waals surface area contributed by atoms with Crippen LogP contribution in [0.1, 0.15) is 49.2 Å². The van der Waals surface area contributed by atoms with Gasteiger partial charge in [0.2, 0.25) is 0 Å². The van der Waals surface area contributed by atoms with Crippen molar-refractivity contribution < 1.29 is 35.9 Å². The first kappa shape index (κ1) is 30.1. The van der Waals surface area contributed by atoms with Crippen LogP contribution in [0.25, 0.3) is 11.1 Å². The Hall–Kier alpha value is -3.44. The molecule has 210 valence electrons. The first-order chi connectivity index (χ1) is 18.4. The van der Waals surface area contributed by atoms with Crippen LogP contribution in [0.15, 0.2) is 72.9 Å². The Kier molecular flexibility index (Phi) is 10.1. The van der Waals surface area contributed by atoms with Gasteiger partial charge in [-0.05, 0) is 36.6 Å². The Bertz CT molecular complexity index is 1190. The summed E-state index contributed by atoms with van der Waals surface area (Å²) >= 11 is 0. The van der Waals surface area contributed by atoms with Crippen LogP contribution in [-0.2, 0) is 16.1 Å². The number of nitrogens with zero attached hydrogens (tertiary/aromatic N) is 1. The van der Waals surface area contributed by atoms with Crippen molar-refractivity contribution in [2.45, 2.75) is 57.3 Å². The molecule has 0 aliphatic heterocycles. The van der Waals surface area contributed by atoms with Gasteiger partial charge in [0.05, 0.1) is 18.5 Å². The summed E-state index contributed by atoms with van der Waals surface area (Å²) in [6.45, 7) is 2.02. The minimum Gasteiger partial charge on any atom is -0.348 e. The molecular weight excluding hydrogens is 524 g/mol. The second-order valence-corrected chi connectivity index (χ2v) is 9.32. The molecule has 0 bridgehead atoms. The number of carbonyl (C=O) groups is 1. The second-order valence-electron chi connectivity index (χ2n) is 9.32. The molecule has 0 spiro atoms. The van der Waals surface area contributed by atoms with Gasteiger partial charge in [0, 0.05) is 24.7 Å². The lowest BCUT2D eigenvalue weighted by molar-refractivity contribution is -0.159. The van der Waals surface area contributed by atoms with Crippen LogP contribution in [0.2, 0.25) is 0 Å². The molecule has 5 nitrogen and oxygen atoms in total. The van der Waals surface area contributed by atoms with Crippen LogP contribution < -0.4 is 10.6 Å². The lowest BCUT2D eigenvalue weighted by Gasteiger charge is -2.31. The second kappa shape index (κ2) is 13.1. The summed E-state index contributed by atoms with van der Waals surface area (Å²) in [5.74, 6) is -1.51. The van der Waals surface area contributed by atoms with E-state index in [4.69, 9.17) is 4.74 Å². The quantitative estimate of drug-likeness (QED) is 0.194. The van der Waals surface area contributed by atoms with Gasteiger partial charge in [-0.2, -0.15) is 22.0 Å². The van der Waals surface area contributed by atoms with E-state index in [2.05, 4.69) is 15.6 Å². The maximum Gasteiger partial charge on any atom is 0.409 e. The monoisotopic (exact) mass is 553 g/mol. The maximum absolute atomic E-state index is 13.7. The molecular formula is C28H29F6N3O2. The third-order valence-corrected chi connectivity index (χ3v) is 5.81. The summed E-state index contributed by atoms with van der Waals surface area (Å²) in [6.07, 6.45) is -7.37. The maximum atomic E-state index is 13.7. The summed E-state index contributed by atoms with van der Waals surface area (Å²) in [5.41, 5.74) is 0.767. The molecule has 3 rings (SSSR count). The number of hydrogen-bond acceptors (Lipinski definition) is 4. The van der Waals surface area contributed by atoms with Gasteiger partial charge in [-0.1, -0.05) is 60.7 Å². The molecule has 11 heteroatoms. The van der Waals surface area contributed by atoms with E-state index in [-0.39, 0.29) is 18.7 Å². The minimum absolute atomic E-state index is 0.0145. The number of rotatable bonds is 12. The third-order valence-electron chi connectivity index (χ3n) is 5.81. The number of carbonyl (C=O) groups excluding carboxylic acids is 1. The normalized spacial score (nSPS) is 13.8. The fourth-order valence-electron chi connectivity index (χ4n) is 3.97. The molecule has 1 heterocycles. The Labute approximate surface area is 222 Å². The summed E-state index contributed by atoms with van der Waals surface area (Å²) in [5, 5.41) is 4.59. The Morgan fingerprint density at radius 1 is 0.949 bits per heavy atom. The number of halogens is 6. The molecule has 2 N–H and O–H groups in total. The Balaban J connectivity index is 1.73. The molecule has 39 heavy (non-hydrogen) atoms. The minimum atomic E-state index is -4.56. The predicted molar refractivity (Wildman–Crippen MR) is 134 cm³/mol. The average molecular weight is 554 g/mol. The molecule has 1 unspecified atom stereocenters. The predicted octanol–water partition coefficient (Wildman–Crippen LogP) is 6.68.